The first-order valence-corrected chi connectivity index (χ1v) is 16.4. The number of nitriles is 1. The van der Waals surface area contributed by atoms with Gasteiger partial charge in [-0.1, -0.05) is 12.0 Å². The number of alkyl halides is 4. The molecule has 7 rings (SSSR count). The van der Waals surface area contributed by atoms with Crippen molar-refractivity contribution in [1.29, 1.82) is 5.26 Å². The average molecular weight is 733 g/mol. The third kappa shape index (κ3) is 6.44. The summed E-state index contributed by atoms with van der Waals surface area (Å²) < 4.78 is 89.6. The summed E-state index contributed by atoms with van der Waals surface area (Å²) in [7, 11) is 1.60. The van der Waals surface area contributed by atoms with Crippen molar-refractivity contribution in [1.82, 2.24) is 29.9 Å². The Bertz CT molecular complexity index is 2410. The number of nitrogens with one attached hydrogen (secondary N) is 1. The molecule has 2 aliphatic rings. The second-order valence-electron chi connectivity index (χ2n) is 13.7. The predicted molar refractivity (Wildman–Crippen MR) is 179 cm³/mol. The fraction of sp³-hybridized carbons (Fsp3) is 0.324. The van der Waals surface area contributed by atoms with Crippen LogP contribution < -0.4 is 11.1 Å². The van der Waals surface area contributed by atoms with E-state index in [1.165, 1.54) is 30.7 Å². The van der Waals surface area contributed by atoms with Gasteiger partial charge in [-0.2, -0.15) is 24.2 Å². The summed E-state index contributed by atoms with van der Waals surface area (Å²) in [5.41, 5.74) is 4.68. The molecule has 272 valence electrons. The number of rotatable bonds is 8. The summed E-state index contributed by atoms with van der Waals surface area (Å²) in [4.78, 5) is 18.5. The lowest BCUT2D eigenvalue weighted by atomic mass is 9.92. The average Bonchev–Trinajstić information content (AvgIpc) is 3.63. The number of halogens is 6. The van der Waals surface area contributed by atoms with Crippen LogP contribution in [0.4, 0.5) is 32.2 Å². The van der Waals surface area contributed by atoms with Crippen molar-refractivity contribution in [2.45, 2.75) is 63.1 Å². The molecule has 0 aliphatic heterocycles. The molecular formula is C37H30F6N8O2. The van der Waals surface area contributed by atoms with Crippen LogP contribution in [0.3, 0.4) is 0 Å². The Balaban J connectivity index is 1.38. The predicted octanol–water partition coefficient (Wildman–Crippen LogP) is 5.93. The molecule has 1 unspecified atom stereocenters. The number of nitrogens with zero attached hydrogens (tertiary/aromatic N) is 6. The van der Waals surface area contributed by atoms with Gasteiger partial charge in [0.15, 0.2) is 5.82 Å². The Labute approximate surface area is 298 Å². The van der Waals surface area contributed by atoms with Crippen LogP contribution >= 0.6 is 0 Å². The zero-order valence-electron chi connectivity index (χ0n) is 28.4. The molecule has 4 N–H and O–H groups in total. The summed E-state index contributed by atoms with van der Waals surface area (Å²) in [6.45, 7) is 2.02. The van der Waals surface area contributed by atoms with Crippen molar-refractivity contribution < 1.29 is 36.2 Å². The lowest BCUT2D eigenvalue weighted by molar-refractivity contribution is -0.123. The smallest absolute Gasteiger partial charge is 0.293 e. The summed E-state index contributed by atoms with van der Waals surface area (Å²) in [6.07, 6.45) is -3.41. The Hall–Kier alpha value is -5.87. The maximum atomic E-state index is 15.3. The molecule has 10 nitrogen and oxygen atoms in total. The molecule has 3 aromatic heterocycles. The summed E-state index contributed by atoms with van der Waals surface area (Å²) in [6, 6.07) is 9.84. The van der Waals surface area contributed by atoms with Crippen molar-refractivity contribution in [3.05, 3.63) is 93.6 Å². The number of aliphatic hydroxyl groups is 1. The Morgan fingerprint density at radius 2 is 1.81 bits per heavy atom. The van der Waals surface area contributed by atoms with E-state index in [1.54, 1.807) is 19.2 Å². The first-order valence-electron chi connectivity index (χ1n) is 16.4. The Morgan fingerprint density at radius 3 is 2.47 bits per heavy atom. The van der Waals surface area contributed by atoms with Gasteiger partial charge in [-0.25, -0.2) is 22.5 Å². The van der Waals surface area contributed by atoms with E-state index >= 15 is 8.78 Å². The second-order valence-corrected chi connectivity index (χ2v) is 13.7. The number of nitrogens with two attached hydrogens (primary N) is 1. The molecule has 0 spiro atoms. The summed E-state index contributed by atoms with van der Waals surface area (Å²) >= 11 is 0. The Morgan fingerprint density at radius 1 is 1.11 bits per heavy atom. The van der Waals surface area contributed by atoms with Crippen molar-refractivity contribution in [2.75, 3.05) is 5.73 Å². The zero-order chi connectivity index (χ0) is 38.1. The van der Waals surface area contributed by atoms with Crippen molar-refractivity contribution >= 4 is 22.6 Å². The highest BCUT2D eigenvalue weighted by atomic mass is 19.3. The van der Waals surface area contributed by atoms with Gasteiger partial charge in [-0.15, -0.1) is 0 Å². The van der Waals surface area contributed by atoms with Gasteiger partial charge >= 0.3 is 0 Å². The highest BCUT2D eigenvalue weighted by Gasteiger charge is 2.67. The van der Waals surface area contributed by atoms with E-state index in [0.29, 0.717) is 32.8 Å². The van der Waals surface area contributed by atoms with Crippen LogP contribution in [0.1, 0.15) is 78.1 Å². The maximum absolute atomic E-state index is 15.3. The van der Waals surface area contributed by atoms with Gasteiger partial charge in [0.05, 0.1) is 34.3 Å². The van der Waals surface area contributed by atoms with Crippen molar-refractivity contribution in [3.63, 3.8) is 0 Å². The number of amides is 1. The van der Waals surface area contributed by atoms with E-state index in [4.69, 9.17) is 10.7 Å². The molecule has 3 heterocycles. The van der Waals surface area contributed by atoms with Crippen LogP contribution in [0.2, 0.25) is 0 Å². The number of anilines is 1. The molecular weight excluding hydrogens is 702 g/mol. The number of hydrogen-bond donors (Lipinski definition) is 3. The van der Waals surface area contributed by atoms with Crippen molar-refractivity contribution in [2.24, 2.45) is 13.0 Å². The normalized spacial score (nSPS) is 17.5. The van der Waals surface area contributed by atoms with E-state index in [-0.39, 0.29) is 46.7 Å². The minimum Gasteiger partial charge on any atom is -0.382 e. The minimum absolute atomic E-state index is 0.0376. The van der Waals surface area contributed by atoms with Crippen LogP contribution in [-0.2, 0) is 30.7 Å². The van der Waals surface area contributed by atoms with E-state index in [2.05, 4.69) is 33.4 Å². The molecule has 0 radical (unpaired) electrons. The molecule has 2 aromatic carbocycles. The SMILES string of the molecule is Cn1nc(N)c2c(C#N)ccc(-c3ccc(C#CC(C)(C)O)nc3C(Cc3cc(F)cc(F)c3)NC(=O)Cn3nc(C(F)F)c4c3C(F)(F)[C@@H]3C[C@H]43)c21. The summed E-state index contributed by atoms with van der Waals surface area (Å²) in [5.74, 6) is -2.67. The number of carbonyl (C=O) groups is 1. The number of nitrogen functional groups attached to an aromatic ring is 1. The Kier molecular flexibility index (Phi) is 8.49. The number of benzene rings is 2. The van der Waals surface area contributed by atoms with E-state index < -0.39 is 71.3 Å². The fourth-order valence-electron chi connectivity index (χ4n) is 7.15. The fourth-order valence-corrected chi connectivity index (χ4v) is 7.15. The second kappa shape index (κ2) is 12.7. The van der Waals surface area contributed by atoms with Gasteiger partial charge in [0.1, 0.15) is 40.9 Å². The zero-order valence-corrected chi connectivity index (χ0v) is 28.4. The number of aryl methyl sites for hydroxylation is 1. The monoisotopic (exact) mass is 732 g/mol. The molecule has 0 bridgehead atoms. The van der Waals surface area contributed by atoms with Crippen LogP contribution in [0.5, 0.6) is 0 Å². The van der Waals surface area contributed by atoms with Crippen LogP contribution in [0, 0.1) is 40.7 Å². The molecule has 2 aliphatic carbocycles. The van der Waals surface area contributed by atoms with Gasteiger partial charge < -0.3 is 16.2 Å². The molecule has 16 heteroatoms. The third-order valence-corrected chi connectivity index (χ3v) is 9.34. The van der Waals surface area contributed by atoms with E-state index in [1.807, 2.05) is 0 Å². The number of pyridine rings is 1. The number of aromatic nitrogens is 5. The highest BCUT2D eigenvalue weighted by molar-refractivity contribution is 6.03. The standard InChI is InChI=1S/C37H30F6N8O2/c1-36(2,53)9-8-21-5-7-22(23-6-4-18(15-44)28-32(23)50(3)49-35(28)45)30(46-21)26(12-17-10-19(38)13-20(39)11-17)47-27(52)16-51-33-29(31(48-51)34(40)41)24-14-25(24)37(33,42)43/h4-7,10-11,13,24-26,34,53H,12,14,16H2,1-3H3,(H2,45,49)(H,47,52)/t24-,25+,26?/m0/s1. The molecule has 1 fully saturated rings. The number of hydrogen-bond acceptors (Lipinski definition) is 7. The highest BCUT2D eigenvalue weighted by Crippen LogP contribution is 2.68. The lowest BCUT2D eigenvalue weighted by Gasteiger charge is -2.23. The van der Waals surface area contributed by atoms with Crippen LogP contribution in [0.25, 0.3) is 22.0 Å². The largest absolute Gasteiger partial charge is 0.382 e. The van der Waals surface area contributed by atoms with Crippen molar-refractivity contribution in [3.8, 4) is 29.0 Å². The quantitative estimate of drug-likeness (QED) is 0.132. The maximum Gasteiger partial charge on any atom is 0.293 e. The summed E-state index contributed by atoms with van der Waals surface area (Å²) in [5, 5.41) is 31.1. The first-order chi connectivity index (χ1) is 25.0. The van der Waals surface area contributed by atoms with Crippen LogP contribution in [0.15, 0.2) is 42.5 Å². The molecule has 0 saturated heterocycles. The first kappa shape index (κ1) is 35.5. The van der Waals surface area contributed by atoms with Gasteiger partial charge in [0.2, 0.25) is 5.91 Å². The molecule has 53 heavy (non-hydrogen) atoms. The third-order valence-electron chi connectivity index (χ3n) is 9.34. The molecule has 1 amide bonds. The molecule has 3 atom stereocenters. The topological polar surface area (TPSA) is 148 Å². The molecule has 1 saturated carbocycles. The van der Waals surface area contributed by atoms with Gasteiger partial charge in [-0.3, -0.25) is 14.2 Å². The van der Waals surface area contributed by atoms with Gasteiger partial charge in [0, 0.05) is 35.7 Å². The van der Waals surface area contributed by atoms with Crippen LogP contribution in [-0.4, -0.2) is 41.2 Å². The van der Waals surface area contributed by atoms with E-state index in [0.717, 1.165) is 12.1 Å². The lowest BCUT2D eigenvalue weighted by Crippen LogP contribution is -2.35. The van der Waals surface area contributed by atoms with Gasteiger partial charge in [0.25, 0.3) is 12.3 Å². The van der Waals surface area contributed by atoms with Gasteiger partial charge in [-0.05, 0) is 74.4 Å². The number of fused-ring (bicyclic) bond motifs is 4. The number of carbonyl (C=O) groups excluding carboxylic acids is 1. The van der Waals surface area contributed by atoms with E-state index in [9.17, 15) is 32.7 Å². The minimum atomic E-state index is -3.48. The molecule has 5 aromatic rings.